The molecule has 1 aromatic rings. The van der Waals surface area contributed by atoms with E-state index < -0.39 is 0 Å². The number of benzene rings is 1. The van der Waals surface area contributed by atoms with E-state index in [0.29, 0.717) is 13.2 Å². The van der Waals surface area contributed by atoms with E-state index in [9.17, 15) is 4.79 Å². The van der Waals surface area contributed by atoms with Crippen molar-refractivity contribution >= 4 is 5.97 Å². The van der Waals surface area contributed by atoms with E-state index in [1.807, 2.05) is 30.3 Å². The van der Waals surface area contributed by atoms with Crippen LogP contribution in [0.1, 0.15) is 12.0 Å². The van der Waals surface area contributed by atoms with Crippen molar-refractivity contribution in [1.82, 2.24) is 0 Å². The summed E-state index contributed by atoms with van der Waals surface area (Å²) < 4.78 is 4.95. The minimum Gasteiger partial charge on any atom is -0.461 e. The summed E-state index contributed by atoms with van der Waals surface area (Å²) >= 11 is 0. The SMILES string of the molecule is [15NH2][13CH2][13CH2][13C](=O)O[13CH2]c1ccccc1. The molecule has 0 bridgehead atoms. The van der Waals surface area contributed by atoms with Crippen LogP contribution in [0, 0.1) is 0 Å². The summed E-state index contributed by atoms with van der Waals surface area (Å²) in [4.78, 5) is 10.9. The number of hydrogen-bond acceptors (Lipinski definition) is 3. The summed E-state index contributed by atoms with van der Waals surface area (Å²) in [6.45, 7) is 0.674. The fourth-order valence-electron chi connectivity index (χ4n) is 0.928. The third-order valence-electron chi connectivity index (χ3n) is 1.59. The lowest BCUT2D eigenvalue weighted by Gasteiger charge is -2.02. The van der Waals surface area contributed by atoms with Crippen molar-refractivity contribution in [2.45, 2.75) is 13.0 Å². The molecule has 0 fully saturated rings. The first kappa shape index (κ1) is 9.74. The van der Waals surface area contributed by atoms with E-state index >= 15 is 0 Å². The third kappa shape index (κ3) is 3.71. The molecule has 0 saturated heterocycles. The zero-order valence-corrected chi connectivity index (χ0v) is 7.40. The number of esters is 1. The number of carbonyl (C=O) groups excluding carboxylic acids is 1. The van der Waals surface area contributed by atoms with Crippen LogP contribution in [0.3, 0.4) is 0 Å². The standard InChI is InChI=1S/C10H13NO2/c11-7-6-10(12)13-8-9-4-2-1-3-5-9/h1-5H,6-8,11H2/i6+1,7+1,8+1,10+1,11+1. The molecule has 0 amide bonds. The second kappa shape index (κ2) is 5.32. The van der Waals surface area contributed by atoms with Gasteiger partial charge in [0.1, 0.15) is 6.61 Å². The average Bonchev–Trinajstić information content (AvgIpc) is 2.17. The van der Waals surface area contributed by atoms with E-state index in [4.69, 9.17) is 10.5 Å². The maximum Gasteiger partial charge on any atom is 0.307 e. The van der Waals surface area contributed by atoms with E-state index in [1.165, 1.54) is 0 Å². The molecular formula is C10H13NO2. The van der Waals surface area contributed by atoms with Gasteiger partial charge in [-0.15, -0.1) is 0 Å². The maximum atomic E-state index is 10.9. The lowest BCUT2D eigenvalue weighted by Crippen LogP contribution is -2.10. The number of ether oxygens (including phenoxy) is 1. The number of rotatable bonds is 4. The Hall–Kier alpha value is -1.35. The van der Waals surface area contributed by atoms with Crippen molar-refractivity contribution in [2.24, 2.45) is 5.73 Å². The molecule has 1 rings (SSSR count). The normalized spacial score (nSPS) is 9.62. The molecule has 1 aromatic carbocycles. The summed E-state index contributed by atoms with van der Waals surface area (Å²) in [5, 5.41) is 0. The molecule has 70 valence electrons. The Labute approximate surface area is 77.5 Å². The summed E-state index contributed by atoms with van der Waals surface area (Å²) in [6.07, 6.45) is 0.285. The van der Waals surface area contributed by atoms with Gasteiger partial charge in [0, 0.05) is 6.54 Å². The van der Waals surface area contributed by atoms with Gasteiger partial charge in [-0.05, 0) is 5.56 Å². The monoisotopic (exact) mass is 184 g/mol. The Bertz CT molecular complexity index is 259. The van der Waals surface area contributed by atoms with Gasteiger partial charge in [-0.2, -0.15) is 0 Å². The minimum absolute atomic E-state index is 0.244. The van der Waals surface area contributed by atoms with Gasteiger partial charge in [-0.1, -0.05) is 30.3 Å². The molecule has 0 heterocycles. The Balaban J connectivity index is 2.31. The first-order valence-electron chi connectivity index (χ1n) is 4.22. The molecule has 13 heavy (non-hydrogen) atoms. The van der Waals surface area contributed by atoms with Gasteiger partial charge in [0.25, 0.3) is 0 Å². The Morgan fingerprint density at radius 3 is 2.62 bits per heavy atom. The van der Waals surface area contributed by atoms with Crippen LogP contribution in [0.4, 0.5) is 0 Å². The molecule has 0 saturated carbocycles. The largest absolute Gasteiger partial charge is 0.461 e. The Morgan fingerprint density at radius 2 is 2.00 bits per heavy atom. The maximum absolute atomic E-state index is 10.9. The van der Waals surface area contributed by atoms with Gasteiger partial charge < -0.3 is 10.5 Å². The van der Waals surface area contributed by atoms with Crippen LogP contribution in [0.5, 0.6) is 0 Å². The van der Waals surface area contributed by atoms with Crippen LogP contribution in [0.15, 0.2) is 30.3 Å². The van der Waals surface area contributed by atoms with E-state index in [0.717, 1.165) is 5.56 Å². The summed E-state index contributed by atoms with van der Waals surface area (Å²) in [7, 11) is 0. The van der Waals surface area contributed by atoms with Crippen LogP contribution in [-0.4, -0.2) is 12.5 Å². The van der Waals surface area contributed by atoms with Crippen molar-refractivity contribution in [1.29, 1.82) is 0 Å². The zero-order chi connectivity index (χ0) is 9.52. The second-order valence-electron chi connectivity index (χ2n) is 2.68. The van der Waals surface area contributed by atoms with Gasteiger partial charge in [-0.3, -0.25) is 4.79 Å². The molecule has 0 atom stereocenters. The quantitative estimate of drug-likeness (QED) is 0.432. The molecule has 3 nitrogen and oxygen atoms in total. The smallest absolute Gasteiger partial charge is 0.307 e. The summed E-state index contributed by atoms with van der Waals surface area (Å²) in [6, 6.07) is 9.56. The summed E-state index contributed by atoms with van der Waals surface area (Å²) in [5.41, 5.74) is 6.19. The van der Waals surface area contributed by atoms with Gasteiger partial charge in [-0.25, -0.2) is 0 Å². The predicted octanol–water partition coefficient (Wildman–Crippen LogP) is 1.08. The highest BCUT2D eigenvalue weighted by Crippen LogP contribution is 2.00. The molecule has 2 N–H and O–H groups in total. The molecule has 3 heteroatoms. The molecule has 0 aromatic heterocycles. The molecular weight excluding hydrogens is 171 g/mol. The molecule has 0 radical (unpaired) electrons. The molecule has 0 aliphatic carbocycles. The van der Waals surface area contributed by atoms with Gasteiger partial charge >= 0.3 is 5.97 Å². The first-order chi connectivity index (χ1) is 6.33. The van der Waals surface area contributed by atoms with E-state index in [-0.39, 0.29) is 12.4 Å². The fraction of sp³-hybridized carbons (Fsp3) is 0.300. The number of carbonyl (C=O) groups is 1. The summed E-state index contributed by atoms with van der Waals surface area (Å²) in [5.74, 6) is -0.244. The predicted molar refractivity (Wildman–Crippen MR) is 49.9 cm³/mol. The minimum atomic E-state index is -0.244. The topological polar surface area (TPSA) is 52.3 Å². The highest BCUT2D eigenvalue weighted by atomic mass is 16.7. The Kier molecular flexibility index (Phi) is 3.99. The van der Waals surface area contributed by atoms with Crippen LogP contribution in [0.25, 0.3) is 0 Å². The van der Waals surface area contributed by atoms with Gasteiger partial charge in [0.2, 0.25) is 0 Å². The van der Waals surface area contributed by atoms with Crippen LogP contribution < -0.4 is 5.73 Å². The van der Waals surface area contributed by atoms with Crippen molar-refractivity contribution in [2.75, 3.05) is 6.54 Å². The van der Waals surface area contributed by atoms with Crippen molar-refractivity contribution < 1.29 is 9.53 Å². The molecule has 0 aliphatic heterocycles. The zero-order valence-electron chi connectivity index (χ0n) is 7.40. The van der Waals surface area contributed by atoms with Crippen molar-refractivity contribution in [3.8, 4) is 0 Å². The lowest BCUT2D eigenvalue weighted by molar-refractivity contribution is -0.144. The van der Waals surface area contributed by atoms with Gasteiger partial charge in [0.05, 0.1) is 6.42 Å². The van der Waals surface area contributed by atoms with Gasteiger partial charge in [0.15, 0.2) is 0 Å². The van der Waals surface area contributed by atoms with E-state index in [2.05, 4.69) is 0 Å². The molecule has 0 spiro atoms. The average molecular weight is 184 g/mol. The fourth-order valence-corrected chi connectivity index (χ4v) is 0.928. The number of nitrogens with two attached hydrogens (primary N) is 1. The Morgan fingerprint density at radius 1 is 1.31 bits per heavy atom. The van der Waals surface area contributed by atoms with E-state index in [1.54, 1.807) is 0 Å². The third-order valence-corrected chi connectivity index (χ3v) is 1.59. The number of hydrogen-bond donors (Lipinski definition) is 1. The van der Waals surface area contributed by atoms with Crippen LogP contribution in [-0.2, 0) is 16.1 Å². The lowest BCUT2D eigenvalue weighted by atomic mass is 10.3. The second-order valence-corrected chi connectivity index (χ2v) is 2.68. The molecule has 0 aliphatic rings. The highest BCUT2D eigenvalue weighted by Gasteiger charge is 2.00. The molecule has 0 unspecified atom stereocenters. The van der Waals surface area contributed by atoms with Crippen molar-refractivity contribution in [3.63, 3.8) is 0 Å². The highest BCUT2D eigenvalue weighted by molar-refractivity contribution is 5.69. The van der Waals surface area contributed by atoms with Crippen LogP contribution in [0.2, 0.25) is 0 Å². The van der Waals surface area contributed by atoms with Crippen molar-refractivity contribution in [3.05, 3.63) is 35.9 Å². The first-order valence-corrected chi connectivity index (χ1v) is 4.22. The van der Waals surface area contributed by atoms with Crippen LogP contribution >= 0.6 is 0 Å².